The first-order chi connectivity index (χ1) is 9.63. The summed E-state index contributed by atoms with van der Waals surface area (Å²) in [5, 5.41) is 2.97. The van der Waals surface area contributed by atoms with Crippen molar-refractivity contribution in [1.29, 1.82) is 0 Å². The zero-order chi connectivity index (χ0) is 15.0. The average Bonchev–Trinajstić information content (AvgIpc) is 2.49. The molecule has 112 valence electrons. The summed E-state index contributed by atoms with van der Waals surface area (Å²) < 4.78 is 10.3. The lowest BCUT2D eigenvalue weighted by molar-refractivity contribution is -0.123. The Morgan fingerprint density at radius 3 is 2.65 bits per heavy atom. The van der Waals surface area contributed by atoms with Gasteiger partial charge in [0, 0.05) is 19.3 Å². The van der Waals surface area contributed by atoms with Gasteiger partial charge in [0.1, 0.15) is 5.75 Å². The maximum Gasteiger partial charge on any atom is 0.237 e. The number of amides is 1. The van der Waals surface area contributed by atoms with E-state index in [4.69, 9.17) is 15.2 Å². The second kappa shape index (κ2) is 8.55. The number of hydrogen-bond donors (Lipinski definition) is 2. The SMILES string of the molecule is CCC(NC(=O)C(N)CCOC)c1ccccc1OC. The van der Waals surface area contributed by atoms with Gasteiger partial charge in [0.2, 0.25) is 5.91 Å². The van der Waals surface area contributed by atoms with E-state index in [1.807, 2.05) is 31.2 Å². The zero-order valence-corrected chi connectivity index (χ0v) is 12.4. The van der Waals surface area contributed by atoms with Crippen molar-refractivity contribution >= 4 is 5.91 Å². The topological polar surface area (TPSA) is 73.6 Å². The van der Waals surface area contributed by atoms with Crippen molar-refractivity contribution in [2.24, 2.45) is 5.73 Å². The molecule has 0 radical (unpaired) electrons. The first kappa shape index (κ1) is 16.5. The number of hydrogen-bond acceptors (Lipinski definition) is 4. The van der Waals surface area contributed by atoms with Crippen LogP contribution in [0.5, 0.6) is 5.75 Å². The van der Waals surface area contributed by atoms with E-state index < -0.39 is 6.04 Å². The fraction of sp³-hybridized carbons (Fsp3) is 0.533. The van der Waals surface area contributed by atoms with Crippen molar-refractivity contribution in [2.75, 3.05) is 20.8 Å². The smallest absolute Gasteiger partial charge is 0.237 e. The monoisotopic (exact) mass is 280 g/mol. The van der Waals surface area contributed by atoms with E-state index in [-0.39, 0.29) is 11.9 Å². The Morgan fingerprint density at radius 1 is 1.35 bits per heavy atom. The van der Waals surface area contributed by atoms with Crippen molar-refractivity contribution in [3.63, 3.8) is 0 Å². The Bertz CT molecular complexity index is 423. The number of ether oxygens (including phenoxy) is 2. The third kappa shape index (κ3) is 4.51. The van der Waals surface area contributed by atoms with Gasteiger partial charge in [-0.3, -0.25) is 4.79 Å². The van der Waals surface area contributed by atoms with Crippen molar-refractivity contribution in [2.45, 2.75) is 31.8 Å². The highest BCUT2D eigenvalue weighted by atomic mass is 16.5. The molecule has 2 atom stereocenters. The van der Waals surface area contributed by atoms with Gasteiger partial charge >= 0.3 is 0 Å². The molecule has 20 heavy (non-hydrogen) atoms. The molecule has 0 saturated carbocycles. The lowest BCUT2D eigenvalue weighted by atomic mass is 10.0. The van der Waals surface area contributed by atoms with Crippen LogP contribution in [0.2, 0.25) is 0 Å². The maximum absolute atomic E-state index is 12.1. The summed E-state index contributed by atoms with van der Waals surface area (Å²) in [5.41, 5.74) is 6.79. The quantitative estimate of drug-likeness (QED) is 0.759. The molecule has 5 nitrogen and oxygen atoms in total. The Hall–Kier alpha value is -1.59. The molecule has 3 N–H and O–H groups in total. The summed E-state index contributed by atoms with van der Waals surface area (Å²) in [6.07, 6.45) is 1.27. The lowest BCUT2D eigenvalue weighted by Gasteiger charge is -2.22. The summed E-state index contributed by atoms with van der Waals surface area (Å²) in [4.78, 5) is 12.1. The molecule has 0 saturated heterocycles. The second-order valence-electron chi connectivity index (χ2n) is 4.60. The van der Waals surface area contributed by atoms with Crippen LogP contribution in [0.25, 0.3) is 0 Å². The molecule has 0 heterocycles. The summed E-state index contributed by atoms with van der Waals surface area (Å²) in [5.74, 6) is 0.602. The van der Waals surface area contributed by atoms with E-state index in [1.165, 1.54) is 0 Å². The molecule has 0 aliphatic rings. The van der Waals surface area contributed by atoms with E-state index >= 15 is 0 Å². The molecule has 1 aromatic rings. The fourth-order valence-electron chi connectivity index (χ4n) is 2.01. The van der Waals surface area contributed by atoms with E-state index in [9.17, 15) is 4.79 Å². The summed E-state index contributed by atoms with van der Waals surface area (Å²) in [7, 11) is 3.21. The Labute approximate surface area is 120 Å². The molecule has 0 bridgehead atoms. The molecule has 5 heteroatoms. The van der Waals surface area contributed by atoms with Crippen molar-refractivity contribution in [1.82, 2.24) is 5.32 Å². The predicted molar refractivity (Wildman–Crippen MR) is 78.6 cm³/mol. The largest absolute Gasteiger partial charge is 0.496 e. The van der Waals surface area contributed by atoms with Crippen LogP contribution < -0.4 is 15.8 Å². The zero-order valence-electron chi connectivity index (χ0n) is 12.4. The highest BCUT2D eigenvalue weighted by molar-refractivity contribution is 5.82. The van der Waals surface area contributed by atoms with Crippen LogP contribution in [0.3, 0.4) is 0 Å². The molecule has 1 amide bonds. The minimum atomic E-state index is -0.557. The first-order valence-corrected chi connectivity index (χ1v) is 6.81. The molecular formula is C15H24N2O3. The standard InChI is InChI=1S/C15H24N2O3/c1-4-13(11-7-5-6-8-14(11)20-3)17-15(18)12(16)9-10-19-2/h5-8,12-13H,4,9-10,16H2,1-3H3,(H,17,18). The maximum atomic E-state index is 12.1. The molecule has 1 aromatic carbocycles. The van der Waals surface area contributed by atoms with Gasteiger partial charge < -0.3 is 20.5 Å². The minimum Gasteiger partial charge on any atom is -0.496 e. The summed E-state index contributed by atoms with van der Waals surface area (Å²) in [6.45, 7) is 2.48. The highest BCUT2D eigenvalue weighted by Crippen LogP contribution is 2.26. The summed E-state index contributed by atoms with van der Waals surface area (Å²) >= 11 is 0. The third-order valence-electron chi connectivity index (χ3n) is 3.21. The lowest BCUT2D eigenvalue weighted by Crippen LogP contribution is -2.42. The normalized spacial score (nSPS) is 13.6. The number of methoxy groups -OCH3 is 2. The van der Waals surface area contributed by atoms with Crippen molar-refractivity contribution in [3.8, 4) is 5.75 Å². The number of carbonyl (C=O) groups is 1. The molecule has 0 aliphatic heterocycles. The van der Waals surface area contributed by atoms with E-state index in [0.29, 0.717) is 13.0 Å². The van der Waals surface area contributed by atoms with Crippen LogP contribution in [0.15, 0.2) is 24.3 Å². The number of nitrogens with two attached hydrogens (primary N) is 1. The number of para-hydroxylation sites is 1. The molecule has 2 unspecified atom stereocenters. The van der Waals surface area contributed by atoms with Crippen LogP contribution in [0, 0.1) is 0 Å². The predicted octanol–water partition coefficient (Wildman–Crippen LogP) is 1.63. The first-order valence-electron chi connectivity index (χ1n) is 6.81. The van der Waals surface area contributed by atoms with Gasteiger partial charge in [-0.05, 0) is 18.9 Å². The highest BCUT2D eigenvalue weighted by Gasteiger charge is 2.20. The summed E-state index contributed by atoms with van der Waals surface area (Å²) in [6, 6.07) is 7.01. The molecule has 0 aromatic heterocycles. The van der Waals surface area contributed by atoms with Gasteiger partial charge in [0.05, 0.1) is 19.2 Å². The van der Waals surface area contributed by atoms with Crippen LogP contribution in [-0.2, 0) is 9.53 Å². The number of carbonyl (C=O) groups excluding carboxylic acids is 1. The Balaban J connectivity index is 2.74. The van der Waals surface area contributed by atoms with Crippen molar-refractivity contribution in [3.05, 3.63) is 29.8 Å². The third-order valence-corrected chi connectivity index (χ3v) is 3.21. The number of nitrogens with one attached hydrogen (secondary N) is 1. The van der Waals surface area contributed by atoms with Gasteiger partial charge in [-0.2, -0.15) is 0 Å². The molecule has 0 spiro atoms. The van der Waals surface area contributed by atoms with Crippen LogP contribution in [0.4, 0.5) is 0 Å². The number of benzene rings is 1. The number of rotatable bonds is 8. The van der Waals surface area contributed by atoms with Gasteiger partial charge in [-0.15, -0.1) is 0 Å². The van der Waals surface area contributed by atoms with E-state index in [2.05, 4.69) is 5.32 Å². The second-order valence-corrected chi connectivity index (χ2v) is 4.60. The van der Waals surface area contributed by atoms with Crippen molar-refractivity contribution < 1.29 is 14.3 Å². The molecule has 1 rings (SSSR count). The van der Waals surface area contributed by atoms with Gasteiger partial charge in [0.25, 0.3) is 0 Å². The van der Waals surface area contributed by atoms with E-state index in [1.54, 1.807) is 14.2 Å². The van der Waals surface area contributed by atoms with Crippen LogP contribution in [-0.4, -0.2) is 32.8 Å². The average molecular weight is 280 g/mol. The fourth-order valence-corrected chi connectivity index (χ4v) is 2.01. The Kier molecular flexibility index (Phi) is 7.04. The van der Waals surface area contributed by atoms with Crippen LogP contribution >= 0.6 is 0 Å². The molecular weight excluding hydrogens is 256 g/mol. The Morgan fingerprint density at radius 2 is 2.05 bits per heavy atom. The van der Waals surface area contributed by atoms with Gasteiger partial charge in [0.15, 0.2) is 0 Å². The van der Waals surface area contributed by atoms with Gasteiger partial charge in [-0.1, -0.05) is 25.1 Å². The van der Waals surface area contributed by atoms with Crippen LogP contribution in [0.1, 0.15) is 31.4 Å². The van der Waals surface area contributed by atoms with E-state index in [0.717, 1.165) is 17.7 Å². The molecule has 0 aliphatic carbocycles. The minimum absolute atomic E-state index is 0.104. The molecule has 0 fully saturated rings. The van der Waals surface area contributed by atoms with Gasteiger partial charge in [-0.25, -0.2) is 0 Å².